The van der Waals surface area contributed by atoms with Crippen LogP contribution in [0, 0.1) is 0 Å². The Morgan fingerprint density at radius 2 is 1.79 bits per heavy atom. The molecule has 0 saturated carbocycles. The first-order valence-electron chi connectivity index (χ1n) is 9.30. The second kappa shape index (κ2) is 7.78. The van der Waals surface area contributed by atoms with E-state index in [-0.39, 0.29) is 23.3 Å². The quantitative estimate of drug-likeness (QED) is 0.672. The maximum absolute atomic E-state index is 12.7. The average Bonchev–Trinajstić information content (AvgIpc) is 3.43. The van der Waals surface area contributed by atoms with Crippen molar-refractivity contribution in [3.05, 3.63) is 54.1 Å². The van der Waals surface area contributed by atoms with Gasteiger partial charge in [-0.3, -0.25) is 14.7 Å². The van der Waals surface area contributed by atoms with Gasteiger partial charge in [-0.2, -0.15) is 5.10 Å². The molecule has 29 heavy (non-hydrogen) atoms. The molecule has 1 aliphatic rings. The normalized spacial score (nSPS) is 15.3. The molecule has 0 aliphatic carbocycles. The Bertz CT molecular complexity index is 1030. The number of carbonyl (C=O) groups excluding carboxylic acids is 3. The smallest absolute Gasteiger partial charge is 0.360 e. The first-order chi connectivity index (χ1) is 14.0. The van der Waals surface area contributed by atoms with Crippen LogP contribution in [0.4, 0.5) is 0 Å². The number of amides is 2. The maximum Gasteiger partial charge on any atom is 0.360 e. The highest BCUT2D eigenvalue weighted by atomic mass is 16.5. The molecule has 9 heteroatoms. The number of aromatic nitrogens is 2. The van der Waals surface area contributed by atoms with E-state index in [1.54, 1.807) is 40.1 Å². The molecule has 0 spiro atoms. The Kier molecular flexibility index (Phi) is 5.03. The van der Waals surface area contributed by atoms with Gasteiger partial charge >= 0.3 is 5.97 Å². The van der Waals surface area contributed by atoms with E-state index in [4.69, 9.17) is 9.15 Å². The average molecular weight is 396 g/mol. The molecule has 9 nitrogen and oxygen atoms in total. The number of rotatable bonds is 4. The van der Waals surface area contributed by atoms with Crippen molar-refractivity contribution in [2.75, 3.05) is 26.2 Å². The molecule has 1 atom stereocenters. The lowest BCUT2D eigenvalue weighted by Crippen LogP contribution is -2.53. The zero-order chi connectivity index (χ0) is 20.4. The van der Waals surface area contributed by atoms with Crippen molar-refractivity contribution < 1.29 is 23.5 Å². The predicted octanol–water partition coefficient (Wildman–Crippen LogP) is 1.69. The van der Waals surface area contributed by atoms with Crippen LogP contribution in [-0.2, 0) is 9.53 Å². The lowest BCUT2D eigenvalue weighted by Gasteiger charge is -2.35. The van der Waals surface area contributed by atoms with Gasteiger partial charge in [0.2, 0.25) is 0 Å². The van der Waals surface area contributed by atoms with Crippen molar-refractivity contribution in [3.8, 4) is 0 Å². The summed E-state index contributed by atoms with van der Waals surface area (Å²) in [5.41, 5.74) is 0.866. The second-order valence-corrected chi connectivity index (χ2v) is 6.76. The van der Waals surface area contributed by atoms with Crippen LogP contribution in [0.5, 0.6) is 0 Å². The zero-order valence-electron chi connectivity index (χ0n) is 15.8. The molecule has 0 unspecified atom stereocenters. The van der Waals surface area contributed by atoms with Crippen LogP contribution in [0.3, 0.4) is 0 Å². The summed E-state index contributed by atoms with van der Waals surface area (Å²) in [5.74, 6) is -0.886. The first kappa shape index (κ1) is 18.7. The van der Waals surface area contributed by atoms with Crippen LogP contribution in [-0.4, -0.2) is 70.1 Å². The van der Waals surface area contributed by atoms with Crippen molar-refractivity contribution in [1.82, 2.24) is 20.0 Å². The van der Waals surface area contributed by atoms with Crippen molar-refractivity contribution in [3.63, 3.8) is 0 Å². The van der Waals surface area contributed by atoms with Gasteiger partial charge in [0, 0.05) is 31.6 Å². The van der Waals surface area contributed by atoms with Gasteiger partial charge < -0.3 is 19.0 Å². The number of furan rings is 1. The minimum Gasteiger partial charge on any atom is -0.459 e. The third-order valence-electron chi connectivity index (χ3n) is 4.91. The van der Waals surface area contributed by atoms with E-state index in [1.807, 2.05) is 6.07 Å². The van der Waals surface area contributed by atoms with E-state index < -0.39 is 12.1 Å². The number of ether oxygens (including phenoxy) is 1. The maximum atomic E-state index is 12.7. The molecule has 1 aliphatic heterocycles. The second-order valence-electron chi connectivity index (χ2n) is 6.76. The Morgan fingerprint density at radius 1 is 1.07 bits per heavy atom. The van der Waals surface area contributed by atoms with Crippen molar-refractivity contribution in [2.24, 2.45) is 0 Å². The molecule has 1 saturated heterocycles. The van der Waals surface area contributed by atoms with E-state index in [1.165, 1.54) is 13.2 Å². The summed E-state index contributed by atoms with van der Waals surface area (Å²) >= 11 is 0. The van der Waals surface area contributed by atoms with Crippen LogP contribution in [0.1, 0.15) is 28.0 Å². The Balaban J connectivity index is 1.34. The van der Waals surface area contributed by atoms with Gasteiger partial charge in [0.25, 0.3) is 11.8 Å². The molecule has 2 aromatic heterocycles. The largest absolute Gasteiger partial charge is 0.459 e. The topological polar surface area (TPSA) is 109 Å². The van der Waals surface area contributed by atoms with Gasteiger partial charge in [-0.25, -0.2) is 4.79 Å². The molecule has 150 valence electrons. The van der Waals surface area contributed by atoms with Crippen LogP contribution in [0.15, 0.2) is 47.1 Å². The van der Waals surface area contributed by atoms with Gasteiger partial charge in [0.05, 0.1) is 11.8 Å². The SMILES string of the molecule is C[C@@H](OC(=O)c1n[nH]c2ccccc12)C(=O)N1CCN(C(=O)c2ccco2)CC1. The van der Waals surface area contributed by atoms with Gasteiger partial charge in [-0.1, -0.05) is 18.2 Å². The number of aromatic amines is 1. The highest BCUT2D eigenvalue weighted by Gasteiger charge is 2.30. The number of hydrogen-bond donors (Lipinski definition) is 1. The molecule has 0 radical (unpaired) electrons. The van der Waals surface area contributed by atoms with E-state index in [0.717, 1.165) is 5.52 Å². The molecule has 3 heterocycles. The zero-order valence-corrected chi connectivity index (χ0v) is 15.8. The fourth-order valence-electron chi connectivity index (χ4n) is 3.33. The summed E-state index contributed by atoms with van der Waals surface area (Å²) in [4.78, 5) is 40.7. The van der Waals surface area contributed by atoms with Gasteiger partial charge in [0.15, 0.2) is 17.6 Å². The minimum absolute atomic E-state index is 0.147. The number of esters is 1. The molecule has 2 amide bonds. The summed E-state index contributed by atoms with van der Waals surface area (Å²) in [6.07, 6.45) is 0.497. The molecule has 0 bridgehead atoms. The highest BCUT2D eigenvalue weighted by molar-refractivity contribution is 6.02. The summed E-state index contributed by atoms with van der Waals surface area (Å²) in [5, 5.41) is 7.41. The molecule has 1 N–H and O–H groups in total. The van der Waals surface area contributed by atoms with Crippen molar-refractivity contribution >= 4 is 28.7 Å². The lowest BCUT2D eigenvalue weighted by molar-refractivity contribution is -0.141. The van der Waals surface area contributed by atoms with E-state index >= 15 is 0 Å². The van der Waals surface area contributed by atoms with Crippen LogP contribution in [0.2, 0.25) is 0 Å². The third kappa shape index (κ3) is 3.71. The molecule has 1 aromatic carbocycles. The van der Waals surface area contributed by atoms with Crippen LogP contribution >= 0.6 is 0 Å². The van der Waals surface area contributed by atoms with E-state index in [0.29, 0.717) is 31.6 Å². The number of carbonyl (C=O) groups is 3. The highest BCUT2D eigenvalue weighted by Crippen LogP contribution is 2.17. The number of H-pyrrole nitrogens is 1. The minimum atomic E-state index is -0.953. The lowest BCUT2D eigenvalue weighted by atomic mass is 10.2. The van der Waals surface area contributed by atoms with Gasteiger partial charge in [-0.15, -0.1) is 0 Å². The molecule has 1 fully saturated rings. The molecular weight excluding hydrogens is 376 g/mol. The van der Waals surface area contributed by atoms with Crippen LogP contribution in [0.25, 0.3) is 10.9 Å². The molecule has 4 rings (SSSR count). The van der Waals surface area contributed by atoms with E-state index in [9.17, 15) is 14.4 Å². The number of hydrogen-bond acceptors (Lipinski definition) is 6. The Hall–Kier alpha value is -3.62. The fourth-order valence-corrected chi connectivity index (χ4v) is 3.33. The van der Waals surface area contributed by atoms with Crippen molar-refractivity contribution in [2.45, 2.75) is 13.0 Å². The van der Waals surface area contributed by atoms with Gasteiger partial charge in [-0.05, 0) is 25.1 Å². The number of nitrogens with zero attached hydrogens (tertiary/aromatic N) is 3. The fraction of sp³-hybridized carbons (Fsp3) is 0.300. The summed E-state index contributed by atoms with van der Waals surface area (Å²) in [7, 11) is 0. The van der Waals surface area contributed by atoms with Crippen molar-refractivity contribution in [1.29, 1.82) is 0 Å². The third-order valence-corrected chi connectivity index (χ3v) is 4.91. The van der Waals surface area contributed by atoms with Crippen LogP contribution < -0.4 is 0 Å². The number of para-hydroxylation sites is 1. The van der Waals surface area contributed by atoms with E-state index in [2.05, 4.69) is 10.2 Å². The number of piperazine rings is 1. The number of benzene rings is 1. The standard InChI is InChI=1S/C20H20N4O5/c1-13(29-20(27)17-14-5-2-3-6-15(14)21-22-17)18(25)23-8-10-24(11-9-23)19(26)16-7-4-12-28-16/h2-7,12-13H,8-11H2,1H3,(H,21,22)/t13-/m1/s1. The van der Waals surface area contributed by atoms with Gasteiger partial charge in [0.1, 0.15) is 0 Å². The Morgan fingerprint density at radius 3 is 2.52 bits per heavy atom. The summed E-state index contributed by atoms with van der Waals surface area (Å²) < 4.78 is 10.5. The molecular formula is C20H20N4O5. The number of fused-ring (bicyclic) bond motifs is 1. The monoisotopic (exact) mass is 396 g/mol. The predicted molar refractivity (Wildman–Crippen MR) is 102 cm³/mol. The summed E-state index contributed by atoms with van der Waals surface area (Å²) in [6.45, 7) is 3.03. The first-order valence-corrected chi connectivity index (χ1v) is 9.30. The molecule has 3 aromatic rings. The number of nitrogens with one attached hydrogen (secondary N) is 1. The summed E-state index contributed by atoms with van der Waals surface area (Å²) in [6, 6.07) is 10.5. The Labute approximate surface area is 166 Å².